The molecule has 3 aromatic rings. The van der Waals surface area contributed by atoms with Gasteiger partial charge in [-0.15, -0.1) is 0 Å². The van der Waals surface area contributed by atoms with Crippen LogP contribution in [0.5, 0.6) is 0 Å². The maximum absolute atomic E-state index is 5.93. The lowest BCUT2D eigenvalue weighted by molar-refractivity contribution is 0.0786. The van der Waals surface area contributed by atoms with Crippen LogP contribution in [0.3, 0.4) is 0 Å². The van der Waals surface area contributed by atoms with E-state index in [4.69, 9.17) is 4.74 Å². The van der Waals surface area contributed by atoms with Gasteiger partial charge in [-0.05, 0) is 36.0 Å². The quantitative estimate of drug-likeness (QED) is 0.571. The minimum Gasteiger partial charge on any atom is -0.374 e. The third-order valence-electron chi connectivity index (χ3n) is 4.77. The van der Waals surface area contributed by atoms with E-state index in [0.29, 0.717) is 0 Å². The Bertz CT molecular complexity index is 883. The first-order valence-corrected chi connectivity index (χ1v) is 10.4. The van der Waals surface area contributed by atoms with E-state index in [-0.39, 0.29) is 12.0 Å². The number of allylic oxidation sites excluding steroid dienone is 2. The van der Waals surface area contributed by atoms with Crippen LogP contribution in [0.1, 0.15) is 11.8 Å². The number of nitrogens with zero attached hydrogens (tertiary/aromatic N) is 1. The summed E-state index contributed by atoms with van der Waals surface area (Å²) in [6.07, 6.45) is 8.43. The third kappa shape index (κ3) is 3.78. The molecule has 2 nitrogen and oxygen atoms in total. The lowest BCUT2D eigenvalue weighted by Gasteiger charge is -2.29. The Kier molecular flexibility index (Phi) is 5.58. The van der Waals surface area contributed by atoms with Crippen molar-refractivity contribution in [3.8, 4) is 0 Å². The number of benzene rings is 2. The summed E-state index contributed by atoms with van der Waals surface area (Å²) in [5.74, 6) is 0.177. The summed E-state index contributed by atoms with van der Waals surface area (Å²) < 4.78 is 5.93. The van der Waals surface area contributed by atoms with Crippen LogP contribution in [-0.2, 0) is 4.74 Å². The normalized spacial score (nSPS) is 17.1. The SMILES string of the molecule is CO[C@H](c1ccccn1)C1C=CC=C1P(c1ccccc1)c1ccccc1. The Morgan fingerprint density at radius 1 is 0.852 bits per heavy atom. The van der Waals surface area contributed by atoms with E-state index in [1.54, 1.807) is 7.11 Å². The van der Waals surface area contributed by atoms with Crippen molar-refractivity contribution in [2.24, 2.45) is 5.92 Å². The van der Waals surface area contributed by atoms with E-state index < -0.39 is 7.92 Å². The van der Waals surface area contributed by atoms with E-state index in [1.807, 2.05) is 24.4 Å². The molecule has 0 radical (unpaired) electrons. The highest BCUT2D eigenvalue weighted by Gasteiger charge is 2.33. The highest BCUT2D eigenvalue weighted by Crippen LogP contribution is 2.52. The molecule has 0 spiro atoms. The molecule has 4 rings (SSSR count). The van der Waals surface area contributed by atoms with Gasteiger partial charge in [0.1, 0.15) is 6.10 Å². The molecule has 3 heteroatoms. The van der Waals surface area contributed by atoms with Gasteiger partial charge in [-0.25, -0.2) is 0 Å². The van der Waals surface area contributed by atoms with Crippen LogP contribution >= 0.6 is 7.92 Å². The van der Waals surface area contributed by atoms with Crippen molar-refractivity contribution in [2.75, 3.05) is 7.11 Å². The predicted octanol–water partition coefficient (Wildman–Crippen LogP) is 4.97. The number of hydrogen-bond donors (Lipinski definition) is 0. The van der Waals surface area contributed by atoms with Gasteiger partial charge in [0.25, 0.3) is 0 Å². The molecule has 0 bridgehead atoms. The smallest absolute Gasteiger partial charge is 0.109 e. The summed E-state index contributed by atoms with van der Waals surface area (Å²) in [6.45, 7) is 0. The Morgan fingerprint density at radius 2 is 1.48 bits per heavy atom. The highest BCUT2D eigenvalue weighted by atomic mass is 31.1. The Morgan fingerprint density at radius 3 is 2.04 bits per heavy atom. The van der Waals surface area contributed by atoms with E-state index >= 15 is 0 Å². The maximum Gasteiger partial charge on any atom is 0.109 e. The first kappa shape index (κ1) is 17.9. The van der Waals surface area contributed by atoms with Gasteiger partial charge in [0.15, 0.2) is 0 Å². The zero-order valence-electron chi connectivity index (χ0n) is 15.3. The van der Waals surface area contributed by atoms with Crippen molar-refractivity contribution in [2.45, 2.75) is 6.10 Å². The molecule has 0 aliphatic heterocycles. The Hall–Kier alpha value is -2.54. The molecule has 0 fully saturated rings. The predicted molar refractivity (Wildman–Crippen MR) is 114 cm³/mol. The summed E-state index contributed by atoms with van der Waals surface area (Å²) in [5, 5.41) is 4.11. The molecular weight excluding hydrogens is 349 g/mol. The molecule has 1 aliphatic carbocycles. The second-order valence-corrected chi connectivity index (χ2v) is 8.64. The standard InChI is InChI=1S/C24H22NOP/c1-26-24(22-16-8-9-18-25-22)21-15-10-17-23(21)27(19-11-4-2-5-12-19)20-13-6-3-7-14-20/h2-18,21,24H,1H3/t21?,24-/m0/s1. The van der Waals surface area contributed by atoms with Gasteiger partial charge < -0.3 is 4.74 Å². The average molecular weight is 371 g/mol. The zero-order chi connectivity index (χ0) is 18.5. The van der Waals surface area contributed by atoms with Crippen LogP contribution in [0.25, 0.3) is 0 Å². The zero-order valence-corrected chi connectivity index (χ0v) is 16.2. The van der Waals surface area contributed by atoms with Gasteiger partial charge in [0, 0.05) is 19.2 Å². The van der Waals surface area contributed by atoms with E-state index in [0.717, 1.165) is 5.69 Å². The van der Waals surface area contributed by atoms with Crippen molar-refractivity contribution in [1.82, 2.24) is 4.98 Å². The van der Waals surface area contributed by atoms with E-state index in [1.165, 1.54) is 15.9 Å². The molecule has 1 aliphatic rings. The summed E-state index contributed by atoms with van der Waals surface area (Å²) >= 11 is 0. The van der Waals surface area contributed by atoms with Gasteiger partial charge in [-0.2, -0.15) is 0 Å². The average Bonchev–Trinajstić information content (AvgIpc) is 3.20. The second kappa shape index (κ2) is 8.43. The Labute approximate surface area is 162 Å². The molecule has 2 atom stereocenters. The van der Waals surface area contributed by atoms with Crippen LogP contribution < -0.4 is 10.6 Å². The van der Waals surface area contributed by atoms with Gasteiger partial charge in [0.2, 0.25) is 0 Å². The number of methoxy groups -OCH3 is 1. The molecule has 1 heterocycles. The largest absolute Gasteiger partial charge is 0.374 e. The number of ether oxygens (including phenoxy) is 1. The molecule has 27 heavy (non-hydrogen) atoms. The van der Waals surface area contributed by atoms with Crippen molar-refractivity contribution < 1.29 is 4.74 Å². The fourth-order valence-corrected chi connectivity index (χ4v) is 6.15. The van der Waals surface area contributed by atoms with Crippen LogP contribution in [0.2, 0.25) is 0 Å². The van der Waals surface area contributed by atoms with Crippen LogP contribution in [0.15, 0.2) is 109 Å². The molecule has 1 aromatic heterocycles. The fraction of sp³-hybridized carbons (Fsp3) is 0.125. The lowest BCUT2D eigenvalue weighted by atomic mass is 10.0. The minimum atomic E-state index is -0.629. The summed E-state index contributed by atoms with van der Waals surface area (Å²) in [5.41, 5.74) is 0.971. The number of aromatic nitrogens is 1. The van der Waals surface area contributed by atoms with Gasteiger partial charge in [-0.1, -0.05) is 85.0 Å². The number of hydrogen-bond acceptors (Lipinski definition) is 2. The Balaban J connectivity index is 1.76. The van der Waals surface area contributed by atoms with Crippen LogP contribution in [-0.4, -0.2) is 12.1 Å². The molecular formula is C24H22NOP. The first-order chi connectivity index (χ1) is 13.4. The monoisotopic (exact) mass is 371 g/mol. The van der Waals surface area contributed by atoms with Crippen molar-refractivity contribution in [1.29, 1.82) is 0 Å². The molecule has 0 saturated carbocycles. The highest BCUT2D eigenvalue weighted by molar-refractivity contribution is 7.76. The lowest BCUT2D eigenvalue weighted by Crippen LogP contribution is -2.20. The summed E-state index contributed by atoms with van der Waals surface area (Å²) in [6, 6.07) is 27.6. The van der Waals surface area contributed by atoms with Crippen molar-refractivity contribution in [3.05, 3.63) is 114 Å². The number of rotatable bonds is 6. The van der Waals surface area contributed by atoms with Crippen molar-refractivity contribution >= 4 is 18.5 Å². The second-order valence-electron chi connectivity index (χ2n) is 6.42. The molecule has 134 valence electrons. The third-order valence-corrected chi connectivity index (χ3v) is 7.37. The number of pyridine rings is 1. The molecule has 0 saturated heterocycles. The maximum atomic E-state index is 5.93. The molecule has 0 N–H and O–H groups in total. The topological polar surface area (TPSA) is 22.1 Å². The molecule has 1 unspecified atom stereocenters. The van der Waals surface area contributed by atoms with E-state index in [2.05, 4.69) is 83.9 Å². The van der Waals surface area contributed by atoms with Crippen molar-refractivity contribution in [3.63, 3.8) is 0 Å². The molecule has 2 aromatic carbocycles. The van der Waals surface area contributed by atoms with Gasteiger partial charge in [-0.3, -0.25) is 4.98 Å². The summed E-state index contributed by atoms with van der Waals surface area (Å²) in [7, 11) is 1.15. The van der Waals surface area contributed by atoms with Crippen LogP contribution in [0, 0.1) is 5.92 Å². The van der Waals surface area contributed by atoms with Gasteiger partial charge >= 0.3 is 0 Å². The van der Waals surface area contributed by atoms with E-state index in [9.17, 15) is 0 Å². The minimum absolute atomic E-state index is 0.0892. The molecule has 0 amide bonds. The summed E-state index contributed by atoms with van der Waals surface area (Å²) in [4.78, 5) is 4.55. The van der Waals surface area contributed by atoms with Crippen LogP contribution in [0.4, 0.5) is 0 Å². The fourth-order valence-electron chi connectivity index (χ4n) is 3.56. The van der Waals surface area contributed by atoms with Gasteiger partial charge in [0.05, 0.1) is 5.69 Å². The first-order valence-electron chi connectivity index (χ1n) is 9.11.